The van der Waals surface area contributed by atoms with Crippen molar-refractivity contribution in [2.24, 2.45) is 0 Å². The Morgan fingerprint density at radius 1 is 1.18 bits per heavy atom. The number of hydrogen-bond donors (Lipinski definition) is 2. The van der Waals surface area contributed by atoms with E-state index >= 15 is 0 Å². The van der Waals surface area contributed by atoms with Gasteiger partial charge >= 0.3 is 0 Å². The number of ketones is 1. The minimum atomic E-state index is -0.114. The van der Waals surface area contributed by atoms with E-state index in [1.807, 2.05) is 45.0 Å². The Bertz CT molecular complexity index is 828. The largest absolute Gasteiger partial charge is 0.360 e. The molecule has 1 aliphatic heterocycles. The van der Waals surface area contributed by atoms with Gasteiger partial charge in [0.25, 0.3) is 5.91 Å². The van der Waals surface area contributed by atoms with E-state index in [0.717, 1.165) is 43.1 Å². The van der Waals surface area contributed by atoms with Crippen LogP contribution < -0.4 is 15.1 Å². The second-order valence-corrected chi connectivity index (χ2v) is 8.39. The monoisotopic (exact) mass is 385 g/mol. The predicted octanol–water partition coefficient (Wildman–Crippen LogP) is 1.52. The van der Waals surface area contributed by atoms with Crippen LogP contribution in [0.25, 0.3) is 0 Å². The Balaban J connectivity index is 1.48. The summed E-state index contributed by atoms with van der Waals surface area (Å²) in [6.45, 7) is 11.6. The van der Waals surface area contributed by atoms with Crippen molar-refractivity contribution < 1.29 is 19.0 Å². The standard InChI is InChI=1S/C21H28N4O3/c1-15(26)16-5-7-17(8-6-16)25-11-9-24(10-12-25)14-19(27)22-20-13-18(23-28-20)21(2,3)4/h5-8,13H,9-12,14H2,1-4H3,(H,22,27)/p+1. The first-order chi connectivity index (χ1) is 13.2. The fraction of sp³-hybridized carbons (Fsp3) is 0.476. The van der Waals surface area contributed by atoms with E-state index in [2.05, 4.69) is 15.4 Å². The van der Waals surface area contributed by atoms with Gasteiger partial charge in [-0.3, -0.25) is 14.9 Å². The average Bonchev–Trinajstić information content (AvgIpc) is 3.11. The van der Waals surface area contributed by atoms with E-state index in [1.54, 1.807) is 13.0 Å². The zero-order valence-corrected chi connectivity index (χ0v) is 17.0. The molecule has 0 radical (unpaired) electrons. The molecule has 1 saturated heterocycles. The highest BCUT2D eigenvalue weighted by Gasteiger charge is 2.24. The van der Waals surface area contributed by atoms with E-state index in [1.165, 1.54) is 4.90 Å². The molecule has 0 bridgehead atoms. The highest BCUT2D eigenvalue weighted by atomic mass is 16.5. The number of carbonyl (C=O) groups excluding carboxylic acids is 2. The van der Waals surface area contributed by atoms with Crippen molar-refractivity contribution in [3.05, 3.63) is 41.6 Å². The van der Waals surface area contributed by atoms with Gasteiger partial charge < -0.3 is 14.3 Å². The molecule has 0 saturated carbocycles. The molecule has 7 nitrogen and oxygen atoms in total. The summed E-state index contributed by atoms with van der Waals surface area (Å²) in [7, 11) is 0. The Morgan fingerprint density at radius 2 is 1.82 bits per heavy atom. The zero-order chi connectivity index (χ0) is 20.3. The molecule has 0 atom stereocenters. The number of anilines is 2. The SMILES string of the molecule is CC(=O)c1ccc(N2CC[NH+](CC(=O)Nc3cc(C(C)(C)C)no3)CC2)cc1. The Labute approximate surface area is 165 Å². The number of rotatable bonds is 5. The summed E-state index contributed by atoms with van der Waals surface area (Å²) in [6.07, 6.45) is 0. The second-order valence-electron chi connectivity index (χ2n) is 8.39. The lowest BCUT2D eigenvalue weighted by Gasteiger charge is -2.33. The van der Waals surface area contributed by atoms with E-state index in [4.69, 9.17) is 4.52 Å². The quantitative estimate of drug-likeness (QED) is 0.763. The predicted molar refractivity (Wildman–Crippen MR) is 108 cm³/mol. The number of carbonyl (C=O) groups is 2. The van der Waals surface area contributed by atoms with Crippen LogP contribution >= 0.6 is 0 Å². The van der Waals surface area contributed by atoms with Crippen molar-refractivity contribution in [3.8, 4) is 0 Å². The van der Waals surface area contributed by atoms with Crippen molar-refractivity contribution in [2.75, 3.05) is 42.9 Å². The molecule has 0 spiro atoms. The van der Waals surface area contributed by atoms with Gasteiger partial charge in [0.15, 0.2) is 12.3 Å². The summed E-state index contributed by atoms with van der Waals surface area (Å²) >= 11 is 0. The fourth-order valence-corrected chi connectivity index (χ4v) is 3.26. The van der Waals surface area contributed by atoms with Gasteiger partial charge in [0, 0.05) is 22.7 Å². The van der Waals surface area contributed by atoms with Gasteiger partial charge in [-0.1, -0.05) is 25.9 Å². The number of amides is 1. The first-order valence-electron chi connectivity index (χ1n) is 9.69. The second kappa shape index (κ2) is 8.14. The summed E-state index contributed by atoms with van der Waals surface area (Å²) in [5, 5.41) is 6.83. The number of benzene rings is 1. The molecular weight excluding hydrogens is 356 g/mol. The molecule has 2 N–H and O–H groups in total. The summed E-state index contributed by atoms with van der Waals surface area (Å²) in [6, 6.07) is 9.51. The first-order valence-corrected chi connectivity index (χ1v) is 9.69. The number of hydrogen-bond acceptors (Lipinski definition) is 5. The molecule has 1 aromatic carbocycles. The molecule has 150 valence electrons. The third-order valence-electron chi connectivity index (χ3n) is 5.06. The normalized spacial score (nSPS) is 15.5. The van der Waals surface area contributed by atoms with Crippen molar-refractivity contribution in [2.45, 2.75) is 33.1 Å². The number of nitrogens with zero attached hydrogens (tertiary/aromatic N) is 2. The number of nitrogens with one attached hydrogen (secondary N) is 2. The molecular formula is C21H29N4O3+. The van der Waals surface area contributed by atoms with Crippen LogP contribution in [0, 0.1) is 0 Å². The van der Waals surface area contributed by atoms with Crippen molar-refractivity contribution in [1.29, 1.82) is 0 Å². The van der Waals surface area contributed by atoms with E-state index < -0.39 is 0 Å². The van der Waals surface area contributed by atoms with Crippen LogP contribution in [-0.4, -0.2) is 49.6 Å². The lowest BCUT2D eigenvalue weighted by atomic mass is 9.92. The molecule has 1 aromatic heterocycles. The van der Waals surface area contributed by atoms with E-state index in [0.29, 0.717) is 12.4 Å². The van der Waals surface area contributed by atoms with Crippen LogP contribution in [0.1, 0.15) is 43.7 Å². The topological polar surface area (TPSA) is 79.9 Å². The molecule has 28 heavy (non-hydrogen) atoms. The minimum Gasteiger partial charge on any atom is -0.360 e. The molecule has 7 heteroatoms. The van der Waals surface area contributed by atoms with Gasteiger partial charge in [-0.2, -0.15) is 0 Å². The molecule has 1 aliphatic rings. The number of aromatic nitrogens is 1. The molecule has 2 aromatic rings. The maximum absolute atomic E-state index is 12.3. The number of Topliss-reactive ketones (excluding diaryl/α,β-unsaturated/α-hetero) is 1. The lowest BCUT2D eigenvalue weighted by molar-refractivity contribution is -0.892. The Kier molecular flexibility index (Phi) is 5.84. The van der Waals surface area contributed by atoms with Crippen LogP contribution in [0.4, 0.5) is 11.6 Å². The van der Waals surface area contributed by atoms with Crippen LogP contribution in [0.3, 0.4) is 0 Å². The van der Waals surface area contributed by atoms with Gasteiger partial charge in [-0.25, -0.2) is 0 Å². The average molecular weight is 385 g/mol. The van der Waals surface area contributed by atoms with Crippen molar-refractivity contribution >= 4 is 23.3 Å². The van der Waals surface area contributed by atoms with Crippen LogP contribution in [0.5, 0.6) is 0 Å². The highest BCUT2D eigenvalue weighted by Crippen LogP contribution is 2.23. The summed E-state index contributed by atoms with van der Waals surface area (Å²) in [5.41, 5.74) is 2.55. The Morgan fingerprint density at radius 3 is 2.36 bits per heavy atom. The molecule has 0 unspecified atom stereocenters. The molecule has 1 amide bonds. The maximum atomic E-state index is 12.3. The molecule has 0 aliphatic carbocycles. The van der Waals surface area contributed by atoms with E-state index in [9.17, 15) is 9.59 Å². The van der Waals surface area contributed by atoms with E-state index in [-0.39, 0.29) is 17.1 Å². The highest BCUT2D eigenvalue weighted by molar-refractivity contribution is 5.94. The van der Waals surface area contributed by atoms with Gasteiger partial charge in [-0.05, 0) is 31.2 Å². The zero-order valence-electron chi connectivity index (χ0n) is 17.0. The third kappa shape index (κ3) is 4.98. The minimum absolute atomic E-state index is 0.0640. The van der Waals surface area contributed by atoms with Crippen LogP contribution in [-0.2, 0) is 10.2 Å². The van der Waals surface area contributed by atoms with Gasteiger partial charge in [0.05, 0.1) is 31.9 Å². The van der Waals surface area contributed by atoms with Crippen LogP contribution in [0.2, 0.25) is 0 Å². The Hall–Kier alpha value is -2.67. The van der Waals surface area contributed by atoms with Gasteiger partial charge in [0.1, 0.15) is 0 Å². The number of quaternary nitrogens is 1. The van der Waals surface area contributed by atoms with Crippen molar-refractivity contribution in [3.63, 3.8) is 0 Å². The third-order valence-corrected chi connectivity index (χ3v) is 5.06. The lowest BCUT2D eigenvalue weighted by Crippen LogP contribution is -3.15. The molecule has 2 heterocycles. The maximum Gasteiger partial charge on any atom is 0.281 e. The van der Waals surface area contributed by atoms with Crippen molar-refractivity contribution in [1.82, 2.24) is 5.16 Å². The first kappa shape index (κ1) is 20.1. The fourth-order valence-electron chi connectivity index (χ4n) is 3.26. The van der Waals surface area contributed by atoms with Crippen LogP contribution in [0.15, 0.2) is 34.9 Å². The van der Waals surface area contributed by atoms with Gasteiger partial charge in [0.2, 0.25) is 5.88 Å². The summed E-state index contributed by atoms with van der Waals surface area (Å²) < 4.78 is 5.23. The molecule has 1 fully saturated rings. The van der Waals surface area contributed by atoms with Gasteiger partial charge in [-0.15, -0.1) is 0 Å². The smallest absolute Gasteiger partial charge is 0.281 e. The summed E-state index contributed by atoms with van der Waals surface area (Å²) in [5.74, 6) is 0.414. The molecule has 3 rings (SSSR count). The summed E-state index contributed by atoms with van der Waals surface area (Å²) in [4.78, 5) is 27.3. The number of piperazine rings is 1.